The highest BCUT2D eigenvalue weighted by atomic mass is 16.2. The average molecular weight is 267 g/mol. The van der Waals surface area contributed by atoms with E-state index < -0.39 is 5.91 Å². The summed E-state index contributed by atoms with van der Waals surface area (Å²) in [6, 6.07) is -0.295. The quantitative estimate of drug-likeness (QED) is 0.619. The predicted molar refractivity (Wildman–Crippen MR) is 71.4 cm³/mol. The number of primary amides is 1. The molecule has 5 N–H and O–H groups in total. The Morgan fingerprint density at radius 1 is 1.53 bits per heavy atom. The molecule has 2 amide bonds. The van der Waals surface area contributed by atoms with Crippen LogP contribution < -0.4 is 16.8 Å². The van der Waals surface area contributed by atoms with Crippen LogP contribution in [0.5, 0.6) is 0 Å². The molecule has 19 heavy (non-hydrogen) atoms. The normalized spacial score (nSPS) is 12.2. The van der Waals surface area contributed by atoms with Crippen molar-refractivity contribution in [2.24, 2.45) is 11.5 Å². The van der Waals surface area contributed by atoms with Gasteiger partial charge in [-0.05, 0) is 26.8 Å². The van der Waals surface area contributed by atoms with Gasteiger partial charge in [-0.2, -0.15) is 5.10 Å². The molecule has 7 nitrogen and oxygen atoms in total. The van der Waals surface area contributed by atoms with Crippen LogP contribution in [0.2, 0.25) is 0 Å². The summed E-state index contributed by atoms with van der Waals surface area (Å²) in [6.45, 7) is 4.83. The zero-order chi connectivity index (χ0) is 14.4. The van der Waals surface area contributed by atoms with E-state index in [9.17, 15) is 9.59 Å². The highest BCUT2D eigenvalue weighted by Gasteiger charge is 2.16. The van der Waals surface area contributed by atoms with Gasteiger partial charge in [-0.3, -0.25) is 14.3 Å². The summed E-state index contributed by atoms with van der Waals surface area (Å²) in [5.41, 5.74) is 11.8. The maximum Gasteiger partial charge on any atom is 0.254 e. The molecule has 7 heteroatoms. The van der Waals surface area contributed by atoms with Crippen molar-refractivity contribution in [2.75, 3.05) is 6.54 Å². The van der Waals surface area contributed by atoms with Crippen molar-refractivity contribution in [1.29, 1.82) is 0 Å². The van der Waals surface area contributed by atoms with E-state index in [1.165, 1.54) is 6.20 Å². The van der Waals surface area contributed by atoms with Gasteiger partial charge in [0.05, 0.1) is 11.8 Å². The third-order valence-electron chi connectivity index (χ3n) is 2.81. The molecule has 0 aliphatic heterocycles. The number of nitrogens with one attached hydrogen (secondary N) is 1. The molecule has 1 heterocycles. The number of aromatic nitrogens is 2. The molecule has 1 atom stereocenters. The van der Waals surface area contributed by atoms with E-state index in [4.69, 9.17) is 11.5 Å². The van der Waals surface area contributed by atoms with Gasteiger partial charge in [0, 0.05) is 24.7 Å². The number of amides is 2. The van der Waals surface area contributed by atoms with E-state index in [0.717, 1.165) is 12.1 Å². The van der Waals surface area contributed by atoms with Crippen LogP contribution >= 0.6 is 0 Å². The summed E-state index contributed by atoms with van der Waals surface area (Å²) in [4.78, 5) is 22.8. The Hall–Kier alpha value is -1.89. The summed E-state index contributed by atoms with van der Waals surface area (Å²) in [6.07, 6.45) is 2.45. The van der Waals surface area contributed by atoms with Gasteiger partial charge in [-0.15, -0.1) is 0 Å². The molecule has 0 saturated carbocycles. The van der Waals surface area contributed by atoms with Crippen molar-refractivity contribution in [3.63, 3.8) is 0 Å². The Labute approximate surface area is 112 Å². The molecule has 0 aromatic carbocycles. The molecule has 0 radical (unpaired) electrons. The zero-order valence-electron chi connectivity index (χ0n) is 11.3. The summed E-state index contributed by atoms with van der Waals surface area (Å²) < 4.78 is 1.75. The van der Waals surface area contributed by atoms with Crippen LogP contribution in [0.4, 0.5) is 0 Å². The minimum Gasteiger partial charge on any atom is -0.370 e. The van der Waals surface area contributed by atoms with E-state index in [1.54, 1.807) is 11.6 Å². The Morgan fingerprint density at radius 2 is 2.21 bits per heavy atom. The van der Waals surface area contributed by atoms with Crippen molar-refractivity contribution in [3.05, 3.63) is 17.5 Å². The van der Waals surface area contributed by atoms with E-state index in [2.05, 4.69) is 10.4 Å². The fourth-order valence-electron chi connectivity index (χ4n) is 1.79. The molecule has 1 aromatic rings. The summed E-state index contributed by atoms with van der Waals surface area (Å²) in [7, 11) is 0. The largest absolute Gasteiger partial charge is 0.370 e. The number of carbonyl (C=O) groups is 2. The van der Waals surface area contributed by atoms with Gasteiger partial charge in [0.1, 0.15) is 0 Å². The number of aryl methyl sites for hydroxylation is 1. The molecule has 0 saturated heterocycles. The lowest BCUT2D eigenvalue weighted by Gasteiger charge is -2.11. The maximum atomic E-state index is 12.0. The van der Waals surface area contributed by atoms with Gasteiger partial charge >= 0.3 is 0 Å². The third kappa shape index (κ3) is 4.36. The number of nitrogens with two attached hydrogens (primary N) is 2. The first-order valence-electron chi connectivity index (χ1n) is 6.27. The molecular weight excluding hydrogens is 246 g/mol. The SMILES string of the molecule is Cc1c(C(=O)NC(C)CC(N)=O)cnn1CCCN. The van der Waals surface area contributed by atoms with Gasteiger partial charge in [0.15, 0.2) is 0 Å². The number of hydrogen-bond acceptors (Lipinski definition) is 4. The average Bonchev–Trinajstić information content (AvgIpc) is 2.66. The predicted octanol–water partition coefficient (Wildman–Crippen LogP) is -0.466. The molecule has 0 bridgehead atoms. The molecule has 0 fully saturated rings. The summed E-state index contributed by atoms with van der Waals surface area (Å²) in [5.74, 6) is -0.687. The first-order valence-corrected chi connectivity index (χ1v) is 6.27. The molecule has 1 unspecified atom stereocenters. The van der Waals surface area contributed by atoms with Crippen molar-refractivity contribution >= 4 is 11.8 Å². The number of carbonyl (C=O) groups excluding carboxylic acids is 2. The third-order valence-corrected chi connectivity index (χ3v) is 2.81. The van der Waals surface area contributed by atoms with E-state index in [0.29, 0.717) is 18.7 Å². The first kappa shape index (κ1) is 15.2. The smallest absolute Gasteiger partial charge is 0.254 e. The molecule has 0 aliphatic rings. The van der Waals surface area contributed by atoms with E-state index in [-0.39, 0.29) is 18.4 Å². The number of rotatable bonds is 7. The topological polar surface area (TPSA) is 116 Å². The fraction of sp³-hybridized carbons (Fsp3) is 0.583. The van der Waals surface area contributed by atoms with Crippen molar-refractivity contribution in [2.45, 2.75) is 39.3 Å². The molecule has 1 aromatic heterocycles. The Morgan fingerprint density at radius 3 is 2.79 bits per heavy atom. The Kier molecular flexibility index (Phi) is 5.50. The van der Waals surface area contributed by atoms with Crippen LogP contribution in [-0.2, 0) is 11.3 Å². The lowest BCUT2D eigenvalue weighted by molar-refractivity contribution is -0.118. The van der Waals surface area contributed by atoms with Crippen molar-refractivity contribution in [3.8, 4) is 0 Å². The van der Waals surface area contributed by atoms with Crippen molar-refractivity contribution in [1.82, 2.24) is 15.1 Å². The number of nitrogens with zero attached hydrogens (tertiary/aromatic N) is 2. The van der Waals surface area contributed by atoms with Gasteiger partial charge < -0.3 is 16.8 Å². The summed E-state index contributed by atoms with van der Waals surface area (Å²) >= 11 is 0. The van der Waals surface area contributed by atoms with Gasteiger partial charge in [0.2, 0.25) is 5.91 Å². The summed E-state index contributed by atoms with van der Waals surface area (Å²) in [5, 5.41) is 6.87. The first-order chi connectivity index (χ1) is 8.95. The lowest BCUT2D eigenvalue weighted by atomic mass is 10.2. The minimum atomic E-state index is -0.442. The van der Waals surface area contributed by atoms with Crippen LogP contribution in [-0.4, -0.2) is 34.2 Å². The Bertz CT molecular complexity index is 455. The molecule has 106 valence electrons. The second-order valence-corrected chi connectivity index (χ2v) is 4.55. The molecule has 0 aliphatic carbocycles. The second-order valence-electron chi connectivity index (χ2n) is 4.55. The van der Waals surface area contributed by atoms with Crippen LogP contribution in [0, 0.1) is 6.92 Å². The second kappa shape index (κ2) is 6.89. The lowest BCUT2D eigenvalue weighted by Crippen LogP contribution is -2.35. The van der Waals surface area contributed by atoms with Gasteiger partial charge in [-0.1, -0.05) is 0 Å². The molecule has 0 spiro atoms. The molecule has 1 rings (SSSR count). The van der Waals surface area contributed by atoms with Crippen LogP contribution in [0.25, 0.3) is 0 Å². The van der Waals surface area contributed by atoms with E-state index in [1.807, 2.05) is 6.92 Å². The van der Waals surface area contributed by atoms with Crippen LogP contribution in [0.3, 0.4) is 0 Å². The maximum absolute atomic E-state index is 12.0. The highest BCUT2D eigenvalue weighted by Crippen LogP contribution is 2.08. The van der Waals surface area contributed by atoms with Gasteiger partial charge in [-0.25, -0.2) is 0 Å². The minimum absolute atomic E-state index is 0.117. The van der Waals surface area contributed by atoms with Crippen LogP contribution in [0.1, 0.15) is 35.8 Å². The number of hydrogen-bond donors (Lipinski definition) is 3. The standard InChI is InChI=1S/C12H21N5O2/c1-8(6-11(14)18)16-12(19)10-7-15-17(9(10)2)5-3-4-13/h7-8H,3-6,13H2,1-2H3,(H2,14,18)(H,16,19). The fourth-order valence-corrected chi connectivity index (χ4v) is 1.79. The Balaban J connectivity index is 2.67. The van der Waals surface area contributed by atoms with Crippen molar-refractivity contribution < 1.29 is 9.59 Å². The monoisotopic (exact) mass is 267 g/mol. The van der Waals surface area contributed by atoms with Crippen LogP contribution in [0.15, 0.2) is 6.20 Å². The van der Waals surface area contributed by atoms with Gasteiger partial charge in [0.25, 0.3) is 5.91 Å². The van der Waals surface area contributed by atoms with E-state index >= 15 is 0 Å². The highest BCUT2D eigenvalue weighted by molar-refractivity contribution is 5.95. The molecular formula is C12H21N5O2. The zero-order valence-corrected chi connectivity index (χ0v) is 11.3.